The van der Waals surface area contributed by atoms with Gasteiger partial charge in [-0.1, -0.05) is 41.5 Å². The van der Waals surface area contributed by atoms with E-state index in [0.29, 0.717) is 0 Å². The maximum atomic E-state index is 12.4. The molecular formula is C23H39NO7. The van der Waals surface area contributed by atoms with Crippen molar-refractivity contribution in [1.29, 1.82) is 0 Å². The topological polar surface area (TPSA) is 130 Å². The minimum atomic E-state index is -1.41. The molecule has 0 aromatic carbocycles. The number of carbonyl (C=O) groups is 3. The smallest absolute Gasteiger partial charge is 0.307 e. The molecule has 8 nitrogen and oxygen atoms in total. The van der Waals surface area contributed by atoms with Gasteiger partial charge in [-0.15, -0.1) is 0 Å². The molecule has 0 aliphatic heterocycles. The predicted octanol–water partition coefficient (Wildman–Crippen LogP) is 4.46. The number of isocyanates is 1. The van der Waals surface area contributed by atoms with Crippen LogP contribution in [0.3, 0.4) is 0 Å². The maximum absolute atomic E-state index is 12.4. The van der Waals surface area contributed by atoms with E-state index in [4.69, 9.17) is 4.74 Å². The number of carbonyl (C=O) groups excluding carboxylic acids is 2. The fourth-order valence-electron chi connectivity index (χ4n) is 4.37. The first-order valence-electron chi connectivity index (χ1n) is 10.5. The average Bonchev–Trinajstić information content (AvgIpc) is 2.51. The summed E-state index contributed by atoms with van der Waals surface area (Å²) < 4.78 is 5.37. The second-order valence-electron chi connectivity index (χ2n) is 11.3. The van der Waals surface area contributed by atoms with Crippen molar-refractivity contribution in [3.05, 3.63) is 0 Å². The van der Waals surface area contributed by atoms with Crippen molar-refractivity contribution in [1.82, 2.24) is 0 Å². The molecule has 0 aromatic rings. The molecule has 3 atom stereocenters. The average molecular weight is 442 g/mol. The monoisotopic (exact) mass is 441 g/mol. The summed E-state index contributed by atoms with van der Waals surface area (Å²) in [6.45, 7) is 16.0. The van der Waals surface area contributed by atoms with Crippen LogP contribution in [0.15, 0.2) is 4.99 Å². The molecule has 2 N–H and O–H groups in total. The molecule has 0 fully saturated rings. The third-order valence-electron chi connectivity index (χ3n) is 5.27. The third-order valence-corrected chi connectivity index (χ3v) is 5.27. The van der Waals surface area contributed by atoms with E-state index < -0.39 is 51.7 Å². The Morgan fingerprint density at radius 3 is 1.68 bits per heavy atom. The molecule has 0 saturated carbocycles. The summed E-state index contributed by atoms with van der Waals surface area (Å²) in [6.07, 6.45) is 0.958. The van der Waals surface area contributed by atoms with E-state index >= 15 is 0 Å². The summed E-state index contributed by atoms with van der Waals surface area (Å²) in [5.74, 6) is -4.40. The molecule has 31 heavy (non-hydrogen) atoms. The van der Waals surface area contributed by atoms with Crippen LogP contribution in [-0.2, 0) is 23.9 Å². The molecule has 0 radical (unpaired) electrons. The van der Waals surface area contributed by atoms with Crippen LogP contribution in [0.25, 0.3) is 0 Å². The van der Waals surface area contributed by atoms with E-state index in [-0.39, 0.29) is 25.7 Å². The zero-order chi connectivity index (χ0) is 24.8. The van der Waals surface area contributed by atoms with E-state index in [1.54, 1.807) is 41.5 Å². The summed E-state index contributed by atoms with van der Waals surface area (Å²) in [6, 6.07) is 0. The van der Waals surface area contributed by atoms with Crippen LogP contribution in [0.1, 0.15) is 88.0 Å². The lowest BCUT2D eigenvalue weighted by molar-refractivity contribution is -0.156. The zero-order valence-electron chi connectivity index (χ0n) is 20.4. The Bertz CT molecular complexity index is 703. The van der Waals surface area contributed by atoms with Crippen LogP contribution in [0.5, 0.6) is 0 Å². The second-order valence-corrected chi connectivity index (χ2v) is 11.3. The molecule has 8 heteroatoms. The molecule has 0 heterocycles. The van der Waals surface area contributed by atoms with Gasteiger partial charge in [-0.3, -0.25) is 14.4 Å². The number of rotatable bonds is 10. The summed E-state index contributed by atoms with van der Waals surface area (Å²) in [7, 11) is 0. The lowest BCUT2D eigenvalue weighted by Gasteiger charge is -2.50. The highest BCUT2D eigenvalue weighted by Crippen LogP contribution is 2.51. The molecule has 0 aromatic heterocycles. The quantitative estimate of drug-likeness (QED) is 0.291. The third kappa shape index (κ3) is 9.21. The van der Waals surface area contributed by atoms with E-state index in [2.05, 4.69) is 4.99 Å². The first kappa shape index (κ1) is 28.8. The van der Waals surface area contributed by atoms with Crippen LogP contribution in [-0.4, -0.2) is 45.3 Å². The van der Waals surface area contributed by atoms with Gasteiger partial charge in [0.15, 0.2) is 0 Å². The first-order chi connectivity index (χ1) is 13.8. The molecule has 0 aliphatic carbocycles. The Morgan fingerprint density at radius 1 is 0.871 bits per heavy atom. The second kappa shape index (κ2) is 10.4. The number of esters is 1. The summed E-state index contributed by atoms with van der Waals surface area (Å²) in [5, 5.41) is 19.5. The van der Waals surface area contributed by atoms with Crippen LogP contribution < -0.4 is 0 Å². The van der Waals surface area contributed by atoms with Gasteiger partial charge >= 0.3 is 17.9 Å². The van der Waals surface area contributed by atoms with Crippen molar-refractivity contribution in [3.63, 3.8) is 0 Å². The molecule has 178 valence electrons. The van der Waals surface area contributed by atoms with Crippen molar-refractivity contribution in [3.8, 4) is 0 Å². The molecule has 0 rings (SSSR count). The van der Waals surface area contributed by atoms with Gasteiger partial charge in [-0.05, 0) is 44.4 Å². The Balaban J connectivity index is 6.65. The predicted molar refractivity (Wildman–Crippen MR) is 116 cm³/mol. The van der Waals surface area contributed by atoms with Crippen molar-refractivity contribution in [2.24, 2.45) is 27.7 Å². The van der Waals surface area contributed by atoms with Gasteiger partial charge in [0.2, 0.25) is 6.08 Å². The molecular weight excluding hydrogens is 402 g/mol. The van der Waals surface area contributed by atoms with Gasteiger partial charge in [0, 0.05) is 18.8 Å². The Labute approximate surface area is 185 Å². The number of carboxylic acids is 2. The van der Waals surface area contributed by atoms with Gasteiger partial charge in [0.1, 0.15) is 5.60 Å². The van der Waals surface area contributed by atoms with Crippen molar-refractivity contribution < 1.29 is 34.1 Å². The number of aliphatic imine (C=N–C) groups is 1. The highest BCUT2D eigenvalue weighted by Gasteiger charge is 2.54. The minimum absolute atomic E-state index is 0.0216. The van der Waals surface area contributed by atoms with E-state index in [0.717, 1.165) is 0 Å². The fraction of sp³-hybridized carbons (Fsp3) is 0.826. The van der Waals surface area contributed by atoms with Crippen molar-refractivity contribution in [2.75, 3.05) is 0 Å². The van der Waals surface area contributed by atoms with E-state index in [1.165, 1.54) is 6.08 Å². The van der Waals surface area contributed by atoms with Gasteiger partial charge in [-0.25, -0.2) is 4.79 Å². The SMILES string of the molecule is CC(C)(C)OC(=O)CCC(CCC(=O)O)(N=C=O)C(C(C(=O)O)C(C)(C)C)C(C)(C)C. The van der Waals surface area contributed by atoms with Gasteiger partial charge in [0.05, 0.1) is 11.5 Å². The zero-order valence-corrected chi connectivity index (χ0v) is 20.4. The molecule has 0 spiro atoms. The number of aliphatic carboxylic acids is 2. The van der Waals surface area contributed by atoms with Crippen LogP contribution in [0, 0.1) is 22.7 Å². The van der Waals surface area contributed by atoms with Gasteiger partial charge in [0.25, 0.3) is 0 Å². The van der Waals surface area contributed by atoms with Crippen LogP contribution in [0.2, 0.25) is 0 Å². The Hall–Kier alpha value is -2.21. The number of nitrogens with zero attached hydrogens (tertiary/aromatic N) is 1. The number of hydrogen-bond donors (Lipinski definition) is 2. The highest BCUT2D eigenvalue weighted by molar-refractivity contribution is 5.72. The lowest BCUT2D eigenvalue weighted by Crippen LogP contribution is -2.53. The summed E-state index contributed by atoms with van der Waals surface area (Å²) in [5.41, 5.74) is -3.52. The molecule has 0 aliphatic rings. The van der Waals surface area contributed by atoms with E-state index in [1.807, 2.05) is 20.8 Å². The van der Waals surface area contributed by atoms with Crippen molar-refractivity contribution >= 4 is 24.0 Å². The molecule has 3 unspecified atom stereocenters. The van der Waals surface area contributed by atoms with E-state index in [9.17, 15) is 29.4 Å². The summed E-state index contributed by atoms with van der Waals surface area (Å²) >= 11 is 0. The molecule has 0 bridgehead atoms. The lowest BCUT2D eigenvalue weighted by atomic mass is 9.55. The fourth-order valence-corrected chi connectivity index (χ4v) is 4.37. The molecule has 0 saturated heterocycles. The number of hydrogen-bond acceptors (Lipinski definition) is 6. The maximum Gasteiger partial charge on any atom is 0.307 e. The first-order valence-corrected chi connectivity index (χ1v) is 10.5. The molecule has 0 amide bonds. The summed E-state index contributed by atoms with van der Waals surface area (Å²) in [4.78, 5) is 51.8. The van der Waals surface area contributed by atoms with Crippen molar-refractivity contribution in [2.45, 2.75) is 99.1 Å². The number of carboxylic acid groups (broad SMARTS) is 2. The standard InChI is InChI=1S/C23H39NO7/c1-20(2,3)17(19(29)30)18(21(4,5)6)23(24-14-25,12-10-15(26)27)13-11-16(28)31-22(7,8)9/h17-18H,10-13H2,1-9H3,(H,26,27)(H,29,30). The normalized spacial score (nSPS) is 16.4. The highest BCUT2D eigenvalue weighted by atomic mass is 16.6. The van der Waals surface area contributed by atoms with Crippen LogP contribution >= 0.6 is 0 Å². The van der Waals surface area contributed by atoms with Gasteiger partial charge < -0.3 is 14.9 Å². The minimum Gasteiger partial charge on any atom is -0.481 e. The number of ether oxygens (including phenoxy) is 1. The van der Waals surface area contributed by atoms with Gasteiger partial charge in [-0.2, -0.15) is 4.99 Å². The largest absolute Gasteiger partial charge is 0.481 e. The Morgan fingerprint density at radius 2 is 1.35 bits per heavy atom. The van der Waals surface area contributed by atoms with Crippen LogP contribution in [0.4, 0.5) is 0 Å². The Kier molecular flexibility index (Phi) is 9.66.